The molecule has 0 spiro atoms. The number of phenolic OH excluding ortho intramolecular Hbond substituents is 1. The van der Waals surface area contributed by atoms with Gasteiger partial charge in [0.05, 0.1) is 24.5 Å². The second-order valence-electron chi connectivity index (χ2n) is 8.33. The number of aliphatic carboxylic acids is 2. The standard InChI is InChI=1S/C27H32O9S/c1-3-6-21-23(12-11-20(17(2)28)26(21)32)36-14-5-4-13-35-19-9-7-18(8-10-19)22(29)15-24(27(33)34)37-16-25(30)31/h7-12,24,32H,3-6,13-16H2,1-2H3,(H,30,31)(H,33,34)/t24-/m0/s1. The molecule has 0 aliphatic heterocycles. The largest absolute Gasteiger partial charge is 0.507 e. The summed E-state index contributed by atoms with van der Waals surface area (Å²) < 4.78 is 11.5. The highest BCUT2D eigenvalue weighted by molar-refractivity contribution is 8.01. The van der Waals surface area contributed by atoms with Crippen LogP contribution in [0.15, 0.2) is 36.4 Å². The lowest BCUT2D eigenvalue weighted by atomic mass is 10.0. The van der Waals surface area contributed by atoms with Crippen LogP contribution in [0.25, 0.3) is 0 Å². The number of thioether (sulfide) groups is 1. The minimum atomic E-state index is -1.23. The number of benzene rings is 2. The minimum absolute atomic E-state index is 0.0189. The summed E-state index contributed by atoms with van der Waals surface area (Å²) in [5.41, 5.74) is 1.25. The maximum absolute atomic E-state index is 12.4. The van der Waals surface area contributed by atoms with E-state index < -0.39 is 22.9 Å². The monoisotopic (exact) mass is 532 g/mol. The van der Waals surface area contributed by atoms with Gasteiger partial charge in [-0.05, 0) is 62.6 Å². The molecule has 0 saturated carbocycles. The Hall–Kier alpha value is -3.53. The van der Waals surface area contributed by atoms with Crippen LogP contribution in [-0.4, -0.2) is 63.0 Å². The van der Waals surface area contributed by atoms with Gasteiger partial charge in [-0.25, -0.2) is 0 Å². The van der Waals surface area contributed by atoms with Gasteiger partial charge in [0.15, 0.2) is 11.6 Å². The van der Waals surface area contributed by atoms with Gasteiger partial charge in [-0.2, -0.15) is 0 Å². The number of unbranched alkanes of at least 4 members (excludes halogenated alkanes) is 1. The highest BCUT2D eigenvalue weighted by Crippen LogP contribution is 2.33. The molecule has 0 heterocycles. The Bertz CT molecular complexity index is 1100. The molecule has 1 atom stereocenters. The predicted octanol–water partition coefficient (Wildman–Crippen LogP) is 4.63. The first-order valence-electron chi connectivity index (χ1n) is 11.9. The summed E-state index contributed by atoms with van der Waals surface area (Å²) in [5, 5.41) is 27.2. The Kier molecular flexibility index (Phi) is 12.0. The number of rotatable bonds is 17. The number of hydrogen-bond acceptors (Lipinski definition) is 8. The summed E-state index contributed by atoms with van der Waals surface area (Å²) in [5.74, 6) is -2.24. The maximum Gasteiger partial charge on any atom is 0.317 e. The van der Waals surface area contributed by atoms with Crippen molar-refractivity contribution >= 4 is 35.3 Å². The van der Waals surface area contributed by atoms with Crippen molar-refractivity contribution in [3.8, 4) is 17.2 Å². The van der Waals surface area contributed by atoms with Crippen molar-refractivity contribution in [1.82, 2.24) is 0 Å². The van der Waals surface area contributed by atoms with E-state index in [-0.39, 0.29) is 29.3 Å². The van der Waals surface area contributed by atoms with Crippen LogP contribution in [0.1, 0.15) is 65.8 Å². The Labute approximate surface area is 219 Å². The van der Waals surface area contributed by atoms with Gasteiger partial charge < -0.3 is 24.8 Å². The van der Waals surface area contributed by atoms with Crippen LogP contribution in [0.3, 0.4) is 0 Å². The van der Waals surface area contributed by atoms with E-state index in [1.807, 2.05) is 6.92 Å². The molecule has 9 nitrogen and oxygen atoms in total. The van der Waals surface area contributed by atoms with Gasteiger partial charge in [0, 0.05) is 17.5 Å². The minimum Gasteiger partial charge on any atom is -0.507 e. The number of ketones is 2. The van der Waals surface area contributed by atoms with Gasteiger partial charge >= 0.3 is 11.9 Å². The number of hydrogen-bond donors (Lipinski definition) is 3. The topological polar surface area (TPSA) is 147 Å². The molecule has 200 valence electrons. The summed E-state index contributed by atoms with van der Waals surface area (Å²) in [4.78, 5) is 46.0. The van der Waals surface area contributed by atoms with Crippen LogP contribution in [0, 0.1) is 0 Å². The SMILES string of the molecule is CCCc1c(OCCCCOc2ccc(C(=O)C[C@H](SCC(=O)O)C(=O)O)cc2)ccc(C(C)=O)c1O. The van der Waals surface area contributed by atoms with E-state index in [1.165, 1.54) is 6.92 Å². The number of ether oxygens (including phenoxy) is 2. The molecular formula is C27H32O9S. The number of aromatic hydroxyl groups is 1. The lowest BCUT2D eigenvalue weighted by Gasteiger charge is -2.14. The van der Waals surface area contributed by atoms with Crippen LogP contribution in [-0.2, 0) is 16.0 Å². The lowest BCUT2D eigenvalue weighted by molar-refractivity contribution is -0.136. The summed E-state index contributed by atoms with van der Waals surface area (Å²) in [6.07, 6.45) is 2.49. The first kappa shape index (κ1) is 29.7. The number of carboxylic acids is 2. The van der Waals surface area contributed by atoms with E-state index in [1.54, 1.807) is 36.4 Å². The lowest BCUT2D eigenvalue weighted by Crippen LogP contribution is -2.22. The molecule has 2 aromatic carbocycles. The maximum atomic E-state index is 12.4. The van der Waals surface area contributed by atoms with E-state index in [4.69, 9.17) is 14.6 Å². The second-order valence-corrected chi connectivity index (χ2v) is 9.52. The van der Waals surface area contributed by atoms with E-state index in [0.29, 0.717) is 66.9 Å². The molecule has 0 fully saturated rings. The Morgan fingerprint density at radius 2 is 1.59 bits per heavy atom. The van der Waals surface area contributed by atoms with Crippen molar-refractivity contribution in [2.24, 2.45) is 0 Å². The van der Waals surface area contributed by atoms with Crippen molar-refractivity contribution in [3.63, 3.8) is 0 Å². The van der Waals surface area contributed by atoms with Crippen molar-refractivity contribution in [1.29, 1.82) is 0 Å². The van der Waals surface area contributed by atoms with Crippen molar-refractivity contribution in [2.45, 2.75) is 51.2 Å². The average molecular weight is 533 g/mol. The fourth-order valence-corrected chi connectivity index (χ4v) is 4.27. The van der Waals surface area contributed by atoms with E-state index >= 15 is 0 Å². The molecule has 0 bridgehead atoms. The smallest absolute Gasteiger partial charge is 0.317 e. The third kappa shape index (κ3) is 9.45. The van der Waals surface area contributed by atoms with Crippen molar-refractivity contribution < 1.29 is 44.0 Å². The molecule has 0 saturated heterocycles. The molecular weight excluding hydrogens is 500 g/mol. The molecule has 0 amide bonds. The third-order valence-electron chi connectivity index (χ3n) is 5.41. The zero-order valence-electron chi connectivity index (χ0n) is 20.9. The first-order chi connectivity index (χ1) is 17.6. The number of carbonyl (C=O) groups is 4. The normalized spacial score (nSPS) is 11.5. The molecule has 3 N–H and O–H groups in total. The van der Waals surface area contributed by atoms with Crippen LogP contribution in [0.2, 0.25) is 0 Å². The summed E-state index contributed by atoms with van der Waals surface area (Å²) in [6.45, 7) is 4.23. The molecule has 10 heteroatoms. The zero-order valence-corrected chi connectivity index (χ0v) is 21.7. The second kappa shape index (κ2) is 14.9. The highest BCUT2D eigenvalue weighted by Gasteiger charge is 2.23. The highest BCUT2D eigenvalue weighted by atomic mass is 32.2. The van der Waals surface area contributed by atoms with Crippen LogP contribution in [0.5, 0.6) is 17.2 Å². The fourth-order valence-electron chi connectivity index (χ4n) is 3.52. The van der Waals surface area contributed by atoms with Crippen molar-refractivity contribution in [2.75, 3.05) is 19.0 Å². The zero-order chi connectivity index (χ0) is 27.4. The van der Waals surface area contributed by atoms with Gasteiger partial charge in [-0.15, -0.1) is 11.8 Å². The van der Waals surface area contributed by atoms with Crippen LogP contribution >= 0.6 is 11.8 Å². The molecule has 0 unspecified atom stereocenters. The summed E-state index contributed by atoms with van der Waals surface area (Å²) in [6, 6.07) is 9.63. The van der Waals surface area contributed by atoms with Crippen LogP contribution in [0.4, 0.5) is 0 Å². The first-order valence-corrected chi connectivity index (χ1v) is 13.0. The van der Waals surface area contributed by atoms with Crippen molar-refractivity contribution in [3.05, 3.63) is 53.1 Å². The van der Waals surface area contributed by atoms with Crippen LogP contribution < -0.4 is 9.47 Å². The molecule has 37 heavy (non-hydrogen) atoms. The van der Waals surface area contributed by atoms with E-state index in [0.717, 1.165) is 6.42 Å². The molecule has 0 aliphatic carbocycles. The molecule has 0 aromatic heterocycles. The Morgan fingerprint density at radius 3 is 2.16 bits per heavy atom. The third-order valence-corrected chi connectivity index (χ3v) is 6.60. The number of Topliss-reactive ketones (excluding diaryl/α,β-unsaturated/α-hetero) is 2. The predicted molar refractivity (Wildman–Crippen MR) is 139 cm³/mol. The molecule has 0 radical (unpaired) electrons. The van der Waals surface area contributed by atoms with E-state index in [2.05, 4.69) is 0 Å². The Balaban J connectivity index is 1.79. The van der Waals surface area contributed by atoms with Gasteiger partial charge in [-0.1, -0.05) is 13.3 Å². The summed E-state index contributed by atoms with van der Waals surface area (Å²) in [7, 11) is 0. The van der Waals surface area contributed by atoms with Gasteiger partial charge in [0.2, 0.25) is 0 Å². The van der Waals surface area contributed by atoms with Gasteiger partial charge in [-0.3, -0.25) is 19.2 Å². The number of carboxylic acid groups (broad SMARTS) is 2. The van der Waals surface area contributed by atoms with Gasteiger partial charge in [0.1, 0.15) is 22.5 Å². The fraction of sp³-hybridized carbons (Fsp3) is 0.407. The number of phenols is 1. The Morgan fingerprint density at radius 1 is 0.946 bits per heavy atom. The molecule has 2 rings (SSSR count). The van der Waals surface area contributed by atoms with Gasteiger partial charge in [0.25, 0.3) is 0 Å². The van der Waals surface area contributed by atoms with E-state index in [9.17, 15) is 29.4 Å². The average Bonchev–Trinajstić information content (AvgIpc) is 2.85. The summed E-state index contributed by atoms with van der Waals surface area (Å²) >= 11 is 0.705. The number of carbonyl (C=O) groups excluding carboxylic acids is 2. The quantitative estimate of drug-likeness (QED) is 0.195. The molecule has 0 aliphatic rings. The molecule has 2 aromatic rings.